The van der Waals surface area contributed by atoms with Crippen LogP contribution in [-0.4, -0.2) is 12.4 Å². The van der Waals surface area contributed by atoms with Crippen molar-refractivity contribution in [3.05, 3.63) is 47.5 Å². The summed E-state index contributed by atoms with van der Waals surface area (Å²) in [5.41, 5.74) is 1.27. The quantitative estimate of drug-likeness (QED) is 0.605. The highest BCUT2D eigenvalue weighted by atomic mass is 16.6. The molecule has 4 rings (SSSR count). The molecule has 0 aromatic heterocycles. The van der Waals surface area contributed by atoms with Crippen LogP contribution >= 0.6 is 0 Å². The van der Waals surface area contributed by atoms with Crippen molar-refractivity contribution in [1.82, 2.24) is 0 Å². The molecule has 1 heterocycles. The summed E-state index contributed by atoms with van der Waals surface area (Å²) in [5.74, 6) is 0.134. The molecule has 72 valence electrons. The summed E-state index contributed by atoms with van der Waals surface area (Å²) >= 11 is 0. The number of fused-ring (bicyclic) bond motifs is 1. The summed E-state index contributed by atoms with van der Waals surface area (Å²) in [6, 6.07) is 11.9. The molecule has 1 fully saturated rings. The molecule has 0 bridgehead atoms. The lowest BCUT2D eigenvalue weighted by Crippen LogP contribution is -2.15. The van der Waals surface area contributed by atoms with Gasteiger partial charge in [0.25, 0.3) is 0 Å². The Morgan fingerprint density at radius 3 is 2.60 bits per heavy atom. The highest BCUT2D eigenvalue weighted by molar-refractivity contribution is 6.20. The van der Waals surface area contributed by atoms with Gasteiger partial charge in [-0.25, -0.2) is 0 Å². The molecule has 15 heavy (non-hydrogen) atoms. The van der Waals surface area contributed by atoms with Crippen molar-refractivity contribution < 1.29 is 9.53 Å². The van der Waals surface area contributed by atoms with E-state index in [0.29, 0.717) is 6.61 Å². The second-order valence-electron chi connectivity index (χ2n) is 4.15. The lowest BCUT2D eigenvalue weighted by molar-refractivity contribution is 0.0884. The van der Waals surface area contributed by atoms with E-state index in [2.05, 4.69) is 0 Å². The second-order valence-corrected chi connectivity index (χ2v) is 4.15. The Hall–Kier alpha value is -1.67. The molecule has 1 atom stereocenters. The number of carbonyl (C=O) groups is 1. The van der Waals surface area contributed by atoms with Gasteiger partial charge >= 0.3 is 0 Å². The van der Waals surface area contributed by atoms with Crippen molar-refractivity contribution in [2.24, 2.45) is 0 Å². The van der Waals surface area contributed by atoms with Gasteiger partial charge in [0.05, 0.1) is 6.61 Å². The van der Waals surface area contributed by atoms with Gasteiger partial charge in [-0.15, -0.1) is 0 Å². The molecule has 2 aromatic carbocycles. The SMILES string of the molecule is O=C1c2cccc3cccc(c23)C12CO2. The summed E-state index contributed by atoms with van der Waals surface area (Å²) in [7, 11) is 0. The van der Waals surface area contributed by atoms with Crippen LogP contribution in [0, 0.1) is 0 Å². The fourth-order valence-electron chi connectivity index (χ4n) is 2.57. The van der Waals surface area contributed by atoms with Crippen LogP contribution in [0.3, 0.4) is 0 Å². The maximum Gasteiger partial charge on any atom is 0.202 e. The zero-order valence-corrected chi connectivity index (χ0v) is 7.99. The van der Waals surface area contributed by atoms with Crippen LogP contribution in [0.25, 0.3) is 10.8 Å². The first-order chi connectivity index (χ1) is 7.33. The van der Waals surface area contributed by atoms with Crippen LogP contribution in [0.1, 0.15) is 15.9 Å². The van der Waals surface area contributed by atoms with Crippen LogP contribution < -0.4 is 0 Å². The number of ether oxygens (including phenoxy) is 1. The molecule has 1 spiro atoms. The number of hydrogen-bond donors (Lipinski definition) is 0. The van der Waals surface area contributed by atoms with Crippen molar-refractivity contribution in [2.75, 3.05) is 6.61 Å². The Bertz CT molecular complexity index is 604. The summed E-state index contributed by atoms with van der Waals surface area (Å²) in [5, 5.41) is 2.22. The minimum absolute atomic E-state index is 0.134. The van der Waals surface area contributed by atoms with Gasteiger partial charge in [-0.1, -0.05) is 36.4 Å². The van der Waals surface area contributed by atoms with E-state index in [0.717, 1.165) is 21.9 Å². The number of hydrogen-bond acceptors (Lipinski definition) is 2. The van der Waals surface area contributed by atoms with Gasteiger partial charge in [-0.2, -0.15) is 0 Å². The summed E-state index contributed by atoms with van der Waals surface area (Å²) < 4.78 is 5.39. The molecule has 2 nitrogen and oxygen atoms in total. The molecule has 2 aromatic rings. The standard InChI is InChI=1S/C13H8O2/c14-12-9-5-1-3-8-4-2-6-10(11(8)9)13(12)7-15-13/h1-6H,7H2. The Kier molecular flexibility index (Phi) is 1.07. The third kappa shape index (κ3) is 0.701. The zero-order chi connectivity index (χ0) is 10.0. The lowest BCUT2D eigenvalue weighted by Gasteiger charge is -2.01. The average Bonchev–Trinajstić information content (AvgIpc) is 3.03. The molecule has 0 N–H and O–H groups in total. The maximum atomic E-state index is 12.1. The molecule has 2 aliphatic rings. The minimum atomic E-state index is -0.608. The van der Waals surface area contributed by atoms with Gasteiger partial charge in [-0.3, -0.25) is 4.79 Å². The van der Waals surface area contributed by atoms with Gasteiger partial charge in [0.1, 0.15) is 0 Å². The van der Waals surface area contributed by atoms with Crippen LogP contribution in [0.4, 0.5) is 0 Å². The van der Waals surface area contributed by atoms with E-state index in [1.165, 1.54) is 0 Å². The number of Topliss-reactive ketones (excluding diaryl/α,β-unsaturated/α-hetero) is 1. The molecule has 0 saturated carbocycles. The van der Waals surface area contributed by atoms with Crippen molar-refractivity contribution in [3.63, 3.8) is 0 Å². The molecular weight excluding hydrogens is 188 g/mol. The van der Waals surface area contributed by atoms with Crippen molar-refractivity contribution in [3.8, 4) is 0 Å². The normalized spacial score (nSPS) is 26.5. The highest BCUT2D eigenvalue weighted by Gasteiger charge is 2.58. The van der Waals surface area contributed by atoms with E-state index < -0.39 is 5.60 Å². The number of ketones is 1. The molecule has 1 aliphatic carbocycles. The van der Waals surface area contributed by atoms with Crippen LogP contribution in [0.5, 0.6) is 0 Å². The summed E-state index contributed by atoms with van der Waals surface area (Å²) in [6.45, 7) is 0.541. The lowest BCUT2D eigenvalue weighted by atomic mass is 10.0. The van der Waals surface area contributed by atoms with Gasteiger partial charge in [0, 0.05) is 11.1 Å². The van der Waals surface area contributed by atoms with E-state index in [9.17, 15) is 4.79 Å². The Morgan fingerprint density at radius 2 is 1.87 bits per heavy atom. The number of epoxide rings is 1. The fourth-order valence-corrected chi connectivity index (χ4v) is 2.57. The highest BCUT2D eigenvalue weighted by Crippen LogP contribution is 2.50. The molecular formula is C13H8O2. The van der Waals surface area contributed by atoms with Gasteiger partial charge in [0.2, 0.25) is 5.78 Å². The third-order valence-corrected chi connectivity index (χ3v) is 3.38. The van der Waals surface area contributed by atoms with Gasteiger partial charge < -0.3 is 4.74 Å². The Balaban J connectivity index is 2.27. The van der Waals surface area contributed by atoms with E-state index in [-0.39, 0.29) is 5.78 Å². The molecule has 1 aliphatic heterocycles. The van der Waals surface area contributed by atoms with E-state index in [4.69, 9.17) is 4.74 Å². The molecule has 0 radical (unpaired) electrons. The van der Waals surface area contributed by atoms with Gasteiger partial charge in [-0.05, 0) is 10.8 Å². The summed E-state index contributed by atoms with van der Waals surface area (Å²) in [4.78, 5) is 12.1. The number of carbonyl (C=O) groups excluding carboxylic acids is 1. The van der Waals surface area contributed by atoms with Crippen LogP contribution in [-0.2, 0) is 10.3 Å². The zero-order valence-electron chi connectivity index (χ0n) is 7.99. The Labute approximate surface area is 86.5 Å². The van der Waals surface area contributed by atoms with Crippen LogP contribution in [0.2, 0.25) is 0 Å². The van der Waals surface area contributed by atoms with E-state index in [1.807, 2.05) is 36.4 Å². The predicted molar refractivity (Wildman–Crippen MR) is 55.9 cm³/mol. The summed E-state index contributed by atoms with van der Waals surface area (Å²) in [6.07, 6.45) is 0. The number of rotatable bonds is 0. The first-order valence-electron chi connectivity index (χ1n) is 5.04. The molecule has 2 heteroatoms. The molecule has 1 saturated heterocycles. The average molecular weight is 196 g/mol. The largest absolute Gasteiger partial charge is 0.356 e. The van der Waals surface area contributed by atoms with Crippen molar-refractivity contribution >= 4 is 16.6 Å². The third-order valence-electron chi connectivity index (χ3n) is 3.38. The number of benzene rings is 2. The topological polar surface area (TPSA) is 29.6 Å². The second kappa shape index (κ2) is 2.12. The first kappa shape index (κ1) is 7.60. The van der Waals surface area contributed by atoms with E-state index >= 15 is 0 Å². The molecule has 1 unspecified atom stereocenters. The predicted octanol–water partition coefficient (Wildman–Crippen LogP) is 2.26. The Morgan fingerprint density at radius 1 is 1.13 bits per heavy atom. The fraction of sp³-hybridized carbons (Fsp3) is 0.154. The molecule has 0 amide bonds. The van der Waals surface area contributed by atoms with E-state index in [1.54, 1.807) is 0 Å². The van der Waals surface area contributed by atoms with Crippen molar-refractivity contribution in [1.29, 1.82) is 0 Å². The van der Waals surface area contributed by atoms with Gasteiger partial charge in [0.15, 0.2) is 5.60 Å². The maximum absolute atomic E-state index is 12.1. The monoisotopic (exact) mass is 196 g/mol. The van der Waals surface area contributed by atoms with Crippen LogP contribution in [0.15, 0.2) is 36.4 Å². The van der Waals surface area contributed by atoms with Crippen molar-refractivity contribution in [2.45, 2.75) is 5.60 Å². The minimum Gasteiger partial charge on any atom is -0.356 e. The smallest absolute Gasteiger partial charge is 0.202 e. The first-order valence-corrected chi connectivity index (χ1v) is 5.04.